The number of carbonyl (C=O) groups excluding carboxylic acids is 1. The molecule has 0 amide bonds. The summed E-state index contributed by atoms with van der Waals surface area (Å²) in [4.78, 5) is 10.8. The lowest BCUT2D eigenvalue weighted by Gasteiger charge is -2.03. The van der Waals surface area contributed by atoms with Gasteiger partial charge in [0.25, 0.3) is 0 Å². The standard InChI is InChI=1S/C18H32O2/c1-3-5-6-7-8-9-10-11-12-13-14-15-16-17-20-18(19)4-2/h3-5H,2,6-17H2,1H3/b5-3+. The van der Waals surface area contributed by atoms with E-state index < -0.39 is 0 Å². The smallest absolute Gasteiger partial charge is 0.330 e. The Morgan fingerprint density at radius 2 is 1.40 bits per heavy atom. The Hall–Kier alpha value is -1.05. The first kappa shape index (κ1) is 18.9. The number of hydrogen-bond acceptors (Lipinski definition) is 2. The van der Waals surface area contributed by atoms with Crippen LogP contribution in [0, 0.1) is 0 Å². The van der Waals surface area contributed by atoms with Crippen molar-refractivity contribution in [2.24, 2.45) is 0 Å². The van der Waals surface area contributed by atoms with E-state index in [1.165, 1.54) is 63.9 Å². The average molecular weight is 280 g/mol. The van der Waals surface area contributed by atoms with E-state index in [-0.39, 0.29) is 5.97 Å². The van der Waals surface area contributed by atoms with Crippen LogP contribution in [0.3, 0.4) is 0 Å². The van der Waals surface area contributed by atoms with Gasteiger partial charge in [-0.25, -0.2) is 4.79 Å². The molecule has 0 heterocycles. The van der Waals surface area contributed by atoms with Crippen molar-refractivity contribution < 1.29 is 9.53 Å². The number of allylic oxidation sites excluding steroid dienone is 2. The molecule has 0 aromatic carbocycles. The molecule has 0 radical (unpaired) electrons. The van der Waals surface area contributed by atoms with E-state index in [1.54, 1.807) is 0 Å². The second-order valence-electron chi connectivity index (χ2n) is 5.26. The average Bonchev–Trinajstić information content (AvgIpc) is 2.47. The third-order valence-corrected chi connectivity index (χ3v) is 3.41. The van der Waals surface area contributed by atoms with Crippen LogP contribution in [-0.4, -0.2) is 12.6 Å². The predicted octanol–water partition coefficient (Wildman–Crippen LogP) is 5.58. The van der Waals surface area contributed by atoms with Gasteiger partial charge in [-0.2, -0.15) is 0 Å². The first-order chi connectivity index (χ1) is 9.81. The Bertz CT molecular complexity index is 256. The van der Waals surface area contributed by atoms with Crippen LogP contribution >= 0.6 is 0 Å². The molecule has 20 heavy (non-hydrogen) atoms. The van der Waals surface area contributed by atoms with Gasteiger partial charge in [0.15, 0.2) is 0 Å². The van der Waals surface area contributed by atoms with Crippen molar-refractivity contribution in [2.45, 2.75) is 77.6 Å². The lowest BCUT2D eigenvalue weighted by atomic mass is 10.1. The number of hydrogen-bond donors (Lipinski definition) is 0. The van der Waals surface area contributed by atoms with Crippen LogP contribution in [0.1, 0.15) is 77.6 Å². The molecule has 0 aromatic heterocycles. The van der Waals surface area contributed by atoms with Gasteiger partial charge in [0, 0.05) is 6.08 Å². The van der Waals surface area contributed by atoms with Crippen LogP contribution in [0.15, 0.2) is 24.8 Å². The second-order valence-corrected chi connectivity index (χ2v) is 5.26. The molecule has 2 heteroatoms. The monoisotopic (exact) mass is 280 g/mol. The molecule has 0 saturated heterocycles. The Labute approximate surface area is 125 Å². The van der Waals surface area contributed by atoms with Gasteiger partial charge in [-0.15, -0.1) is 0 Å². The van der Waals surface area contributed by atoms with Gasteiger partial charge in [0.1, 0.15) is 0 Å². The SMILES string of the molecule is C=CC(=O)OCCCCCCCCCCCC/C=C/C. The van der Waals surface area contributed by atoms with Crippen molar-refractivity contribution in [3.05, 3.63) is 24.8 Å². The predicted molar refractivity (Wildman–Crippen MR) is 86.8 cm³/mol. The molecule has 116 valence electrons. The molecule has 0 unspecified atom stereocenters. The molecule has 0 rings (SSSR count). The first-order valence-corrected chi connectivity index (χ1v) is 8.21. The molecular weight excluding hydrogens is 248 g/mol. The van der Waals surface area contributed by atoms with E-state index in [1.807, 2.05) is 0 Å². The molecule has 0 saturated carbocycles. The van der Waals surface area contributed by atoms with Gasteiger partial charge < -0.3 is 4.74 Å². The summed E-state index contributed by atoms with van der Waals surface area (Å²) in [7, 11) is 0. The summed E-state index contributed by atoms with van der Waals surface area (Å²) >= 11 is 0. The van der Waals surface area contributed by atoms with Crippen LogP contribution in [0.2, 0.25) is 0 Å². The largest absolute Gasteiger partial charge is 0.463 e. The summed E-state index contributed by atoms with van der Waals surface area (Å²) in [6, 6.07) is 0. The lowest BCUT2D eigenvalue weighted by Crippen LogP contribution is -2.01. The third-order valence-electron chi connectivity index (χ3n) is 3.41. The molecule has 0 atom stereocenters. The van der Waals surface area contributed by atoms with Crippen molar-refractivity contribution >= 4 is 5.97 Å². The van der Waals surface area contributed by atoms with Gasteiger partial charge in [0.2, 0.25) is 0 Å². The Morgan fingerprint density at radius 3 is 1.90 bits per heavy atom. The number of unbranched alkanes of at least 4 members (excludes halogenated alkanes) is 10. The maximum atomic E-state index is 10.8. The Morgan fingerprint density at radius 1 is 0.900 bits per heavy atom. The van der Waals surface area contributed by atoms with E-state index in [4.69, 9.17) is 4.74 Å². The molecule has 0 aliphatic rings. The van der Waals surface area contributed by atoms with Crippen LogP contribution in [0.4, 0.5) is 0 Å². The zero-order valence-electron chi connectivity index (χ0n) is 13.2. The van der Waals surface area contributed by atoms with Crippen molar-refractivity contribution in [1.29, 1.82) is 0 Å². The number of rotatable bonds is 14. The summed E-state index contributed by atoms with van der Waals surface area (Å²) in [5.74, 6) is -0.306. The molecule has 0 spiro atoms. The van der Waals surface area contributed by atoms with Gasteiger partial charge in [0.05, 0.1) is 6.61 Å². The number of ether oxygens (including phenoxy) is 1. The highest BCUT2D eigenvalue weighted by molar-refractivity contribution is 5.81. The minimum absolute atomic E-state index is 0.306. The topological polar surface area (TPSA) is 26.3 Å². The molecule has 0 aliphatic carbocycles. The van der Waals surface area contributed by atoms with E-state index in [0.717, 1.165) is 12.8 Å². The summed E-state index contributed by atoms with van der Waals surface area (Å²) in [6.07, 6.45) is 19.8. The Kier molecular flexibility index (Phi) is 15.2. The summed E-state index contributed by atoms with van der Waals surface area (Å²) < 4.78 is 4.93. The molecule has 0 N–H and O–H groups in total. The first-order valence-electron chi connectivity index (χ1n) is 8.21. The minimum Gasteiger partial charge on any atom is -0.463 e. The molecule has 0 fully saturated rings. The third kappa shape index (κ3) is 15.0. The Balaban J connectivity index is 3.02. The van der Waals surface area contributed by atoms with Crippen molar-refractivity contribution in [2.75, 3.05) is 6.61 Å². The summed E-state index contributed by atoms with van der Waals surface area (Å²) in [6.45, 7) is 5.99. The van der Waals surface area contributed by atoms with Crippen LogP contribution < -0.4 is 0 Å². The van der Waals surface area contributed by atoms with Crippen molar-refractivity contribution in [1.82, 2.24) is 0 Å². The molecule has 2 nitrogen and oxygen atoms in total. The highest BCUT2D eigenvalue weighted by Gasteiger charge is 1.96. The summed E-state index contributed by atoms with van der Waals surface area (Å²) in [5, 5.41) is 0. The fourth-order valence-corrected chi connectivity index (χ4v) is 2.18. The normalized spacial score (nSPS) is 10.8. The molecule has 0 aliphatic heterocycles. The fraction of sp³-hybridized carbons (Fsp3) is 0.722. The molecule has 0 bridgehead atoms. The maximum absolute atomic E-state index is 10.8. The van der Waals surface area contributed by atoms with E-state index in [0.29, 0.717) is 6.61 Å². The zero-order chi connectivity index (χ0) is 14.9. The number of esters is 1. The van der Waals surface area contributed by atoms with Gasteiger partial charge in [-0.3, -0.25) is 0 Å². The van der Waals surface area contributed by atoms with E-state index >= 15 is 0 Å². The molecule has 0 aromatic rings. The van der Waals surface area contributed by atoms with Crippen LogP contribution in [-0.2, 0) is 9.53 Å². The zero-order valence-corrected chi connectivity index (χ0v) is 13.2. The lowest BCUT2D eigenvalue weighted by molar-refractivity contribution is -0.137. The van der Waals surface area contributed by atoms with Gasteiger partial charge >= 0.3 is 5.97 Å². The fourth-order valence-electron chi connectivity index (χ4n) is 2.18. The van der Waals surface area contributed by atoms with Crippen LogP contribution in [0.5, 0.6) is 0 Å². The minimum atomic E-state index is -0.306. The summed E-state index contributed by atoms with van der Waals surface area (Å²) in [5.41, 5.74) is 0. The van der Waals surface area contributed by atoms with E-state index in [9.17, 15) is 4.79 Å². The second kappa shape index (κ2) is 16.0. The highest BCUT2D eigenvalue weighted by atomic mass is 16.5. The quantitative estimate of drug-likeness (QED) is 0.180. The van der Waals surface area contributed by atoms with Crippen LogP contribution in [0.25, 0.3) is 0 Å². The maximum Gasteiger partial charge on any atom is 0.330 e. The van der Waals surface area contributed by atoms with Crippen molar-refractivity contribution in [3.8, 4) is 0 Å². The van der Waals surface area contributed by atoms with Gasteiger partial charge in [-0.05, 0) is 26.2 Å². The molecular formula is C18H32O2. The highest BCUT2D eigenvalue weighted by Crippen LogP contribution is 2.11. The van der Waals surface area contributed by atoms with Crippen molar-refractivity contribution in [3.63, 3.8) is 0 Å². The van der Waals surface area contributed by atoms with E-state index in [2.05, 4.69) is 25.7 Å². The van der Waals surface area contributed by atoms with Gasteiger partial charge in [-0.1, -0.05) is 70.1 Å². The number of carbonyl (C=O) groups is 1.